The molecule has 0 aliphatic heterocycles. The third kappa shape index (κ3) is 9.85. The molecule has 30 heavy (non-hydrogen) atoms. The number of benzene rings is 1. The van der Waals surface area contributed by atoms with Gasteiger partial charge in [-0.15, -0.1) is 0 Å². The Morgan fingerprint density at radius 3 is 1.93 bits per heavy atom. The van der Waals surface area contributed by atoms with Crippen LogP contribution >= 0.6 is 0 Å². The first-order valence-electron chi connectivity index (χ1n) is 9.16. The fourth-order valence-corrected chi connectivity index (χ4v) is 2.17. The van der Waals surface area contributed by atoms with Gasteiger partial charge in [0.15, 0.2) is 19.0 Å². The minimum absolute atomic E-state index is 0.142. The molecule has 0 amide bonds. The predicted molar refractivity (Wildman–Crippen MR) is 105 cm³/mol. The predicted octanol–water partition coefficient (Wildman–Crippen LogP) is 2.74. The van der Waals surface area contributed by atoms with Gasteiger partial charge in [-0.2, -0.15) is 0 Å². The van der Waals surface area contributed by atoms with Gasteiger partial charge in [-0.3, -0.25) is 14.9 Å². The minimum atomic E-state index is -0.752. The quantitative estimate of drug-likeness (QED) is 0.267. The van der Waals surface area contributed by atoms with E-state index in [9.17, 15) is 24.5 Å². The Morgan fingerprint density at radius 1 is 0.900 bits per heavy atom. The number of nitro groups is 1. The number of nitro benzene ring substituents is 1. The van der Waals surface area contributed by atoms with Crippen molar-refractivity contribution in [2.45, 2.75) is 59.2 Å². The van der Waals surface area contributed by atoms with Crippen molar-refractivity contribution in [1.29, 1.82) is 0 Å². The van der Waals surface area contributed by atoms with Crippen LogP contribution in [0.3, 0.4) is 0 Å². The summed E-state index contributed by atoms with van der Waals surface area (Å²) in [6.07, 6.45) is -0.296. The summed E-state index contributed by atoms with van der Waals surface area (Å²) in [7, 11) is 0. The lowest BCUT2D eigenvalue weighted by atomic mass is 10.1. The van der Waals surface area contributed by atoms with Gasteiger partial charge < -0.3 is 18.9 Å². The summed E-state index contributed by atoms with van der Waals surface area (Å²) in [4.78, 5) is 45.8. The number of carbonyl (C=O) groups excluding carboxylic acids is 3. The van der Waals surface area contributed by atoms with Gasteiger partial charge in [0.25, 0.3) is 0 Å². The molecule has 1 rings (SSSR count). The van der Waals surface area contributed by atoms with Gasteiger partial charge in [-0.25, -0.2) is 9.59 Å². The first-order valence-corrected chi connectivity index (χ1v) is 9.16. The summed E-state index contributed by atoms with van der Waals surface area (Å²) in [5, 5.41) is 11.3. The smallest absolute Gasteiger partial charge is 0.344 e. The summed E-state index contributed by atoms with van der Waals surface area (Å²) >= 11 is 0. The second kappa shape index (κ2) is 10.0. The highest BCUT2D eigenvalue weighted by Crippen LogP contribution is 2.28. The zero-order valence-corrected chi connectivity index (χ0v) is 18.0. The summed E-state index contributed by atoms with van der Waals surface area (Å²) in [5.41, 5.74) is -1.56. The van der Waals surface area contributed by atoms with Crippen LogP contribution in [0.2, 0.25) is 0 Å². The van der Waals surface area contributed by atoms with Gasteiger partial charge in [-0.1, -0.05) is 6.07 Å². The van der Waals surface area contributed by atoms with E-state index < -0.39 is 52.9 Å². The van der Waals surface area contributed by atoms with Crippen LogP contribution < -0.4 is 4.74 Å². The Balaban J connectivity index is 2.72. The van der Waals surface area contributed by atoms with Gasteiger partial charge >= 0.3 is 23.6 Å². The number of esters is 3. The second-order valence-corrected chi connectivity index (χ2v) is 8.36. The molecule has 10 heteroatoms. The fraction of sp³-hybridized carbons (Fsp3) is 0.550. The van der Waals surface area contributed by atoms with Crippen LogP contribution in [-0.4, -0.2) is 47.2 Å². The Hall–Kier alpha value is -3.17. The van der Waals surface area contributed by atoms with E-state index in [4.69, 9.17) is 18.9 Å². The number of ether oxygens (including phenoxy) is 4. The van der Waals surface area contributed by atoms with Crippen molar-refractivity contribution >= 4 is 23.6 Å². The van der Waals surface area contributed by atoms with Gasteiger partial charge in [-0.05, 0) is 53.2 Å². The number of rotatable bonds is 8. The molecule has 0 spiro atoms. The van der Waals surface area contributed by atoms with Crippen LogP contribution in [0.1, 0.15) is 47.1 Å². The van der Waals surface area contributed by atoms with Crippen molar-refractivity contribution in [2.75, 3.05) is 13.2 Å². The third-order valence-corrected chi connectivity index (χ3v) is 3.11. The fourth-order valence-electron chi connectivity index (χ4n) is 2.17. The molecular weight excluding hydrogens is 398 g/mol. The molecule has 1 aromatic carbocycles. The summed E-state index contributed by atoms with van der Waals surface area (Å²) in [6, 6.07) is 3.84. The Labute approximate surface area is 174 Å². The molecule has 0 atom stereocenters. The summed E-state index contributed by atoms with van der Waals surface area (Å²) in [5.74, 6) is -2.27. The second-order valence-electron chi connectivity index (χ2n) is 8.36. The Morgan fingerprint density at radius 2 is 1.43 bits per heavy atom. The Bertz CT molecular complexity index is 803. The lowest BCUT2D eigenvalue weighted by Crippen LogP contribution is -2.27. The van der Waals surface area contributed by atoms with Gasteiger partial charge in [0, 0.05) is 6.07 Å². The SMILES string of the molecule is CC(C)(C)OC(=O)COC(=O)Cc1ccc(OCC(=O)OC(C)(C)C)c([N+](=O)[O-])c1. The first kappa shape index (κ1) is 24.9. The molecule has 0 saturated heterocycles. The van der Waals surface area contributed by atoms with Gasteiger partial charge in [0.2, 0.25) is 0 Å². The normalized spacial score (nSPS) is 11.4. The number of nitrogens with zero attached hydrogens (tertiary/aromatic N) is 1. The third-order valence-electron chi connectivity index (χ3n) is 3.11. The molecule has 0 fully saturated rings. The maximum absolute atomic E-state index is 11.9. The molecule has 0 heterocycles. The number of carbonyl (C=O) groups is 3. The van der Waals surface area contributed by atoms with E-state index in [1.54, 1.807) is 41.5 Å². The van der Waals surface area contributed by atoms with Crippen molar-refractivity contribution in [3.8, 4) is 5.75 Å². The Kier molecular flexibility index (Phi) is 8.32. The molecule has 0 N–H and O–H groups in total. The van der Waals surface area contributed by atoms with E-state index in [1.165, 1.54) is 12.1 Å². The summed E-state index contributed by atoms with van der Waals surface area (Å²) < 4.78 is 20.1. The van der Waals surface area contributed by atoms with E-state index in [0.29, 0.717) is 0 Å². The average Bonchev–Trinajstić information content (AvgIpc) is 2.55. The van der Waals surface area contributed by atoms with Crippen LogP contribution in [0.15, 0.2) is 18.2 Å². The molecule has 0 aliphatic rings. The van der Waals surface area contributed by atoms with Crippen molar-refractivity contribution in [1.82, 2.24) is 0 Å². The van der Waals surface area contributed by atoms with Crippen LogP contribution in [0, 0.1) is 10.1 Å². The highest BCUT2D eigenvalue weighted by Gasteiger charge is 2.22. The zero-order chi connectivity index (χ0) is 23.1. The molecular formula is C20H27NO9. The van der Waals surface area contributed by atoms with E-state index in [-0.39, 0.29) is 17.7 Å². The standard InChI is InChI=1S/C20H27NO9/c1-19(2,3)29-17(23)11-27-15-8-7-13(9-14(15)21(25)26)10-16(22)28-12-18(24)30-20(4,5)6/h7-9H,10-12H2,1-6H3. The van der Waals surface area contributed by atoms with Crippen LogP contribution in [-0.2, 0) is 35.0 Å². The maximum atomic E-state index is 11.9. The molecule has 10 nitrogen and oxygen atoms in total. The zero-order valence-electron chi connectivity index (χ0n) is 18.0. The molecule has 0 bridgehead atoms. The van der Waals surface area contributed by atoms with Crippen molar-refractivity contribution in [3.63, 3.8) is 0 Å². The average molecular weight is 425 g/mol. The molecule has 0 radical (unpaired) electrons. The van der Waals surface area contributed by atoms with E-state index in [0.717, 1.165) is 6.07 Å². The topological polar surface area (TPSA) is 131 Å². The van der Waals surface area contributed by atoms with Gasteiger partial charge in [0.05, 0.1) is 11.3 Å². The van der Waals surface area contributed by atoms with Crippen molar-refractivity contribution < 1.29 is 38.3 Å². The molecule has 0 aromatic heterocycles. The monoisotopic (exact) mass is 425 g/mol. The van der Waals surface area contributed by atoms with Crippen molar-refractivity contribution in [3.05, 3.63) is 33.9 Å². The molecule has 0 saturated carbocycles. The van der Waals surface area contributed by atoms with Crippen LogP contribution in [0.5, 0.6) is 5.75 Å². The molecule has 166 valence electrons. The lowest BCUT2D eigenvalue weighted by molar-refractivity contribution is -0.385. The number of hydrogen-bond donors (Lipinski definition) is 0. The van der Waals surface area contributed by atoms with E-state index >= 15 is 0 Å². The highest BCUT2D eigenvalue weighted by molar-refractivity contribution is 5.78. The highest BCUT2D eigenvalue weighted by atomic mass is 16.6. The first-order chi connectivity index (χ1) is 13.7. The van der Waals surface area contributed by atoms with E-state index in [2.05, 4.69) is 0 Å². The largest absolute Gasteiger partial charge is 0.475 e. The van der Waals surface area contributed by atoms with Crippen molar-refractivity contribution in [2.24, 2.45) is 0 Å². The molecule has 1 aromatic rings. The minimum Gasteiger partial charge on any atom is -0.475 e. The molecule has 0 aliphatic carbocycles. The van der Waals surface area contributed by atoms with Crippen LogP contribution in [0.4, 0.5) is 5.69 Å². The summed E-state index contributed by atoms with van der Waals surface area (Å²) in [6.45, 7) is 9.03. The van der Waals surface area contributed by atoms with E-state index in [1.807, 2.05) is 0 Å². The number of hydrogen-bond acceptors (Lipinski definition) is 9. The van der Waals surface area contributed by atoms with Gasteiger partial charge in [0.1, 0.15) is 11.2 Å². The maximum Gasteiger partial charge on any atom is 0.344 e. The molecule has 0 unspecified atom stereocenters. The van der Waals surface area contributed by atoms with Crippen LogP contribution in [0.25, 0.3) is 0 Å². The lowest BCUT2D eigenvalue weighted by Gasteiger charge is -2.19.